The van der Waals surface area contributed by atoms with Crippen LogP contribution in [-0.4, -0.2) is 30.2 Å². The van der Waals surface area contributed by atoms with Gasteiger partial charge in [-0.2, -0.15) is 0 Å². The molecule has 0 aromatic heterocycles. The summed E-state index contributed by atoms with van der Waals surface area (Å²) in [5.74, 6) is 0.0249. The largest absolute Gasteiger partial charge is 0.307 e. The van der Waals surface area contributed by atoms with Gasteiger partial charge in [-0.3, -0.25) is 0 Å². The molecule has 0 N–H and O–H groups in total. The van der Waals surface area contributed by atoms with Crippen LogP contribution in [-0.2, 0) is 0 Å². The van der Waals surface area contributed by atoms with Gasteiger partial charge in [0.2, 0.25) is 0 Å². The summed E-state index contributed by atoms with van der Waals surface area (Å²) in [4.78, 5) is 0. The molecule has 11 heavy (non-hydrogen) atoms. The van der Waals surface area contributed by atoms with Gasteiger partial charge < -0.3 is 5.01 Å². The van der Waals surface area contributed by atoms with Crippen LogP contribution >= 0.6 is 0 Å². The zero-order chi connectivity index (χ0) is 8.43. The van der Waals surface area contributed by atoms with E-state index in [0.717, 1.165) is 18.7 Å². The Hall–Kier alpha value is -0.570. The minimum atomic E-state index is 0.0249. The Balaban J connectivity index is 2.76. The predicted octanol–water partition coefficient (Wildman–Crippen LogP) is 1.76. The lowest BCUT2D eigenvalue weighted by Crippen LogP contribution is -2.33. The van der Waals surface area contributed by atoms with Crippen LogP contribution in [0, 0.1) is 0 Å². The molecule has 0 amide bonds. The Bertz CT molecular complexity index is 177. The standard InChI is InChI=1S/C8H15FN2/c1-4-8-7(9)6-10(3)11(8)5-2/h4-6H2,1-3H3. The van der Waals surface area contributed by atoms with Gasteiger partial charge in [-0.05, 0) is 13.3 Å². The highest BCUT2D eigenvalue weighted by atomic mass is 19.1. The minimum Gasteiger partial charge on any atom is -0.307 e. The van der Waals surface area contributed by atoms with E-state index in [1.54, 1.807) is 0 Å². The number of nitrogens with zero attached hydrogens (tertiary/aromatic N) is 2. The van der Waals surface area contributed by atoms with Crippen molar-refractivity contribution in [2.75, 3.05) is 20.1 Å². The van der Waals surface area contributed by atoms with E-state index in [9.17, 15) is 4.39 Å². The lowest BCUT2D eigenvalue weighted by Gasteiger charge is -2.26. The summed E-state index contributed by atoms with van der Waals surface area (Å²) in [5.41, 5.74) is 0.843. The first-order valence-electron chi connectivity index (χ1n) is 4.06. The van der Waals surface area contributed by atoms with Crippen LogP contribution in [0.5, 0.6) is 0 Å². The second-order valence-corrected chi connectivity index (χ2v) is 2.74. The Morgan fingerprint density at radius 3 is 2.45 bits per heavy atom. The first kappa shape index (κ1) is 8.53. The number of halogens is 1. The molecule has 0 radical (unpaired) electrons. The lowest BCUT2D eigenvalue weighted by atomic mass is 10.3. The monoisotopic (exact) mass is 158 g/mol. The molecule has 0 saturated carbocycles. The van der Waals surface area contributed by atoms with Crippen molar-refractivity contribution in [3.8, 4) is 0 Å². The second kappa shape index (κ2) is 3.22. The molecule has 0 saturated heterocycles. The molecular weight excluding hydrogens is 143 g/mol. The van der Waals surface area contributed by atoms with E-state index < -0.39 is 0 Å². The molecular formula is C8H15FN2. The summed E-state index contributed by atoms with van der Waals surface area (Å²) in [7, 11) is 1.91. The van der Waals surface area contributed by atoms with Crippen molar-refractivity contribution in [2.24, 2.45) is 0 Å². The van der Waals surface area contributed by atoms with Crippen molar-refractivity contribution < 1.29 is 4.39 Å². The average molecular weight is 158 g/mol. The molecule has 1 aliphatic heterocycles. The zero-order valence-corrected chi connectivity index (χ0v) is 7.39. The van der Waals surface area contributed by atoms with Gasteiger partial charge in [0, 0.05) is 13.6 Å². The number of hydrazine groups is 1. The summed E-state index contributed by atoms with van der Waals surface area (Å²) in [6.07, 6.45) is 0.782. The molecule has 0 aliphatic carbocycles. The van der Waals surface area contributed by atoms with E-state index in [4.69, 9.17) is 0 Å². The van der Waals surface area contributed by atoms with Gasteiger partial charge in [0.1, 0.15) is 5.83 Å². The summed E-state index contributed by atoms with van der Waals surface area (Å²) in [6, 6.07) is 0. The third-order valence-corrected chi connectivity index (χ3v) is 2.04. The van der Waals surface area contributed by atoms with Crippen LogP contribution in [0.4, 0.5) is 4.39 Å². The third kappa shape index (κ3) is 1.38. The van der Waals surface area contributed by atoms with Crippen LogP contribution in [0.15, 0.2) is 11.5 Å². The van der Waals surface area contributed by atoms with E-state index >= 15 is 0 Å². The zero-order valence-electron chi connectivity index (χ0n) is 7.39. The Morgan fingerprint density at radius 1 is 1.45 bits per heavy atom. The first-order chi connectivity index (χ1) is 5.20. The highest BCUT2D eigenvalue weighted by Crippen LogP contribution is 2.24. The molecule has 1 aliphatic rings. The summed E-state index contributed by atoms with van der Waals surface area (Å²) < 4.78 is 13.1. The van der Waals surface area contributed by atoms with Crippen LogP contribution in [0.25, 0.3) is 0 Å². The molecule has 0 unspecified atom stereocenters. The van der Waals surface area contributed by atoms with Gasteiger partial charge in [0.05, 0.1) is 12.2 Å². The van der Waals surface area contributed by atoms with E-state index in [-0.39, 0.29) is 5.83 Å². The van der Waals surface area contributed by atoms with Crippen molar-refractivity contribution >= 4 is 0 Å². The maximum absolute atomic E-state index is 13.1. The van der Waals surface area contributed by atoms with E-state index in [1.807, 2.05) is 30.9 Å². The highest BCUT2D eigenvalue weighted by Gasteiger charge is 2.24. The molecule has 3 heteroatoms. The van der Waals surface area contributed by atoms with Gasteiger partial charge in [-0.25, -0.2) is 9.40 Å². The number of hydrogen-bond acceptors (Lipinski definition) is 2. The SMILES string of the molecule is CCC1=C(F)CN(C)N1CC. The van der Waals surface area contributed by atoms with Crippen LogP contribution in [0.1, 0.15) is 20.3 Å². The lowest BCUT2D eigenvalue weighted by molar-refractivity contribution is 0.0726. The summed E-state index contributed by atoms with van der Waals surface area (Å²) in [5, 5.41) is 3.89. The maximum Gasteiger partial charge on any atom is 0.136 e. The smallest absolute Gasteiger partial charge is 0.136 e. The van der Waals surface area contributed by atoms with Crippen LogP contribution in [0.2, 0.25) is 0 Å². The first-order valence-corrected chi connectivity index (χ1v) is 4.06. The van der Waals surface area contributed by atoms with Crippen LogP contribution in [0.3, 0.4) is 0 Å². The highest BCUT2D eigenvalue weighted by molar-refractivity contribution is 5.12. The number of rotatable bonds is 2. The molecule has 0 atom stereocenters. The third-order valence-electron chi connectivity index (χ3n) is 2.04. The quantitative estimate of drug-likeness (QED) is 0.604. The molecule has 2 nitrogen and oxygen atoms in total. The Kier molecular flexibility index (Phi) is 2.49. The maximum atomic E-state index is 13.1. The molecule has 0 bridgehead atoms. The Morgan fingerprint density at radius 2 is 2.09 bits per heavy atom. The molecule has 1 rings (SSSR count). The fraction of sp³-hybridized carbons (Fsp3) is 0.750. The predicted molar refractivity (Wildman–Crippen MR) is 43.4 cm³/mol. The van der Waals surface area contributed by atoms with Crippen molar-refractivity contribution in [1.82, 2.24) is 10.0 Å². The summed E-state index contributed by atoms with van der Waals surface area (Å²) >= 11 is 0. The van der Waals surface area contributed by atoms with Crippen molar-refractivity contribution in [3.05, 3.63) is 11.5 Å². The average Bonchev–Trinajstić information content (AvgIpc) is 2.24. The van der Waals surface area contributed by atoms with Gasteiger partial charge in [-0.1, -0.05) is 6.92 Å². The van der Waals surface area contributed by atoms with Gasteiger partial charge in [-0.15, -0.1) is 0 Å². The number of allylic oxidation sites excluding steroid dienone is 1. The molecule has 0 aromatic rings. The van der Waals surface area contributed by atoms with Gasteiger partial charge in [0.15, 0.2) is 0 Å². The van der Waals surface area contributed by atoms with Crippen LogP contribution < -0.4 is 0 Å². The minimum absolute atomic E-state index is 0.0249. The van der Waals surface area contributed by atoms with Crippen molar-refractivity contribution in [3.63, 3.8) is 0 Å². The van der Waals surface area contributed by atoms with E-state index in [2.05, 4.69) is 0 Å². The molecule has 1 heterocycles. The topological polar surface area (TPSA) is 6.48 Å². The molecule has 0 aromatic carbocycles. The number of hydrogen-bond donors (Lipinski definition) is 0. The molecule has 64 valence electrons. The van der Waals surface area contributed by atoms with Crippen molar-refractivity contribution in [1.29, 1.82) is 0 Å². The van der Waals surface area contributed by atoms with E-state index in [1.165, 1.54) is 0 Å². The number of likely N-dealkylation sites (N-methyl/N-ethyl adjacent to an activating group) is 1. The van der Waals surface area contributed by atoms with Gasteiger partial charge >= 0.3 is 0 Å². The van der Waals surface area contributed by atoms with Gasteiger partial charge in [0.25, 0.3) is 0 Å². The van der Waals surface area contributed by atoms with E-state index in [0.29, 0.717) is 6.54 Å². The summed E-state index contributed by atoms with van der Waals surface area (Å²) in [6.45, 7) is 5.31. The fourth-order valence-corrected chi connectivity index (χ4v) is 1.53. The second-order valence-electron chi connectivity index (χ2n) is 2.74. The molecule has 0 spiro atoms. The Labute approximate surface area is 67.3 Å². The fourth-order valence-electron chi connectivity index (χ4n) is 1.53. The molecule has 0 fully saturated rings. The van der Waals surface area contributed by atoms with Crippen molar-refractivity contribution in [2.45, 2.75) is 20.3 Å². The normalized spacial score (nSPS) is 20.2.